The topological polar surface area (TPSA) is 94.4 Å². The van der Waals surface area contributed by atoms with Gasteiger partial charge in [-0.15, -0.1) is 0 Å². The lowest BCUT2D eigenvalue weighted by Gasteiger charge is -2.14. The number of aryl methyl sites for hydroxylation is 1. The van der Waals surface area contributed by atoms with Crippen molar-refractivity contribution in [1.82, 2.24) is 10.3 Å². The molecule has 0 saturated carbocycles. The van der Waals surface area contributed by atoms with Crippen molar-refractivity contribution in [2.24, 2.45) is 0 Å². The maximum Gasteiger partial charge on any atom is 0.406 e. The molecule has 0 fully saturated rings. The molecule has 1 atom stereocenters. The molecule has 0 radical (unpaired) electrons. The van der Waals surface area contributed by atoms with Crippen molar-refractivity contribution in [3.05, 3.63) is 63.8 Å². The number of amides is 1. The second-order valence-electron chi connectivity index (χ2n) is 5.02. The van der Waals surface area contributed by atoms with Crippen LogP contribution in [0.4, 0.5) is 5.82 Å². The summed E-state index contributed by atoms with van der Waals surface area (Å²) in [6.07, 6.45) is 0. The average molecular weight is 315 g/mol. The molecule has 0 unspecified atom stereocenters. The van der Waals surface area contributed by atoms with E-state index in [9.17, 15) is 14.9 Å². The number of pyridine rings is 1. The summed E-state index contributed by atoms with van der Waals surface area (Å²) in [5, 5.41) is 13.7. The molecule has 0 spiro atoms. The molecular formula is C16H17N3O4. The third kappa shape index (κ3) is 4.50. The number of rotatable bonds is 6. The quantitative estimate of drug-likeness (QED) is 0.653. The van der Waals surface area contributed by atoms with Crippen molar-refractivity contribution in [2.75, 3.05) is 6.61 Å². The van der Waals surface area contributed by atoms with Crippen LogP contribution in [0.15, 0.2) is 42.5 Å². The lowest BCUT2D eigenvalue weighted by molar-refractivity contribution is -0.390. The molecule has 0 bridgehead atoms. The summed E-state index contributed by atoms with van der Waals surface area (Å²) in [4.78, 5) is 26.0. The van der Waals surface area contributed by atoms with E-state index in [1.807, 2.05) is 37.3 Å². The minimum absolute atomic E-state index is 0.0249. The van der Waals surface area contributed by atoms with E-state index in [-0.39, 0.29) is 24.3 Å². The summed E-state index contributed by atoms with van der Waals surface area (Å²) >= 11 is 0. The van der Waals surface area contributed by atoms with Gasteiger partial charge in [-0.1, -0.05) is 30.3 Å². The number of ether oxygens (including phenoxy) is 1. The summed E-state index contributed by atoms with van der Waals surface area (Å²) in [6, 6.07) is 12.3. The number of hydrogen-bond acceptors (Lipinski definition) is 5. The van der Waals surface area contributed by atoms with E-state index in [4.69, 9.17) is 4.74 Å². The van der Waals surface area contributed by atoms with E-state index in [2.05, 4.69) is 10.3 Å². The fourth-order valence-electron chi connectivity index (χ4n) is 2.03. The number of benzene rings is 1. The molecule has 2 rings (SSSR count). The van der Waals surface area contributed by atoms with Gasteiger partial charge in [-0.25, -0.2) is 0 Å². The summed E-state index contributed by atoms with van der Waals surface area (Å²) in [5.41, 5.74) is 1.47. The molecule has 0 saturated heterocycles. The number of nitrogens with one attached hydrogen (secondary N) is 1. The second-order valence-corrected chi connectivity index (χ2v) is 5.02. The molecule has 1 aromatic heterocycles. The van der Waals surface area contributed by atoms with Gasteiger partial charge in [-0.3, -0.25) is 4.79 Å². The van der Waals surface area contributed by atoms with Gasteiger partial charge >= 0.3 is 5.82 Å². The summed E-state index contributed by atoms with van der Waals surface area (Å²) in [6.45, 7) is 3.18. The van der Waals surface area contributed by atoms with Gasteiger partial charge in [0.2, 0.25) is 5.75 Å². The van der Waals surface area contributed by atoms with Gasteiger partial charge in [0.15, 0.2) is 6.61 Å². The molecule has 1 aromatic carbocycles. The maximum atomic E-state index is 11.9. The Labute approximate surface area is 133 Å². The molecule has 23 heavy (non-hydrogen) atoms. The predicted octanol–water partition coefficient (Wildman–Crippen LogP) is 2.55. The lowest BCUT2D eigenvalue weighted by Crippen LogP contribution is -2.31. The van der Waals surface area contributed by atoms with Gasteiger partial charge in [0, 0.05) is 6.92 Å². The fourth-order valence-corrected chi connectivity index (χ4v) is 2.03. The van der Waals surface area contributed by atoms with E-state index in [0.29, 0.717) is 5.69 Å². The van der Waals surface area contributed by atoms with Crippen molar-refractivity contribution >= 4 is 11.7 Å². The largest absolute Gasteiger partial charge is 0.476 e. The Kier molecular flexibility index (Phi) is 5.24. The monoisotopic (exact) mass is 315 g/mol. The molecule has 120 valence electrons. The van der Waals surface area contributed by atoms with Gasteiger partial charge in [-0.05, 0) is 34.5 Å². The van der Waals surface area contributed by atoms with Gasteiger partial charge in [0.25, 0.3) is 5.91 Å². The highest BCUT2D eigenvalue weighted by molar-refractivity contribution is 5.78. The van der Waals surface area contributed by atoms with Crippen LogP contribution >= 0.6 is 0 Å². The Hall–Kier alpha value is -2.96. The Morgan fingerprint density at radius 1 is 1.30 bits per heavy atom. The van der Waals surface area contributed by atoms with Crippen LogP contribution < -0.4 is 10.1 Å². The zero-order chi connectivity index (χ0) is 16.8. The minimum atomic E-state index is -0.632. The Morgan fingerprint density at radius 2 is 2.00 bits per heavy atom. The number of nitrogens with zero attached hydrogens (tertiary/aromatic N) is 2. The number of nitro groups is 1. The molecule has 2 aromatic rings. The van der Waals surface area contributed by atoms with Crippen molar-refractivity contribution in [3.63, 3.8) is 0 Å². The molecule has 1 amide bonds. The van der Waals surface area contributed by atoms with Crippen LogP contribution in [0.5, 0.6) is 5.75 Å². The Balaban J connectivity index is 1.96. The highest BCUT2D eigenvalue weighted by atomic mass is 16.6. The van der Waals surface area contributed by atoms with Crippen LogP contribution in [-0.4, -0.2) is 22.4 Å². The van der Waals surface area contributed by atoms with Crippen molar-refractivity contribution in [1.29, 1.82) is 0 Å². The van der Waals surface area contributed by atoms with Crippen LogP contribution in [0, 0.1) is 17.0 Å². The first kappa shape index (κ1) is 16.4. The van der Waals surface area contributed by atoms with Gasteiger partial charge < -0.3 is 20.2 Å². The van der Waals surface area contributed by atoms with Crippen LogP contribution in [0.2, 0.25) is 0 Å². The predicted molar refractivity (Wildman–Crippen MR) is 84.1 cm³/mol. The Morgan fingerprint density at radius 3 is 2.65 bits per heavy atom. The first-order valence-electron chi connectivity index (χ1n) is 7.06. The summed E-state index contributed by atoms with van der Waals surface area (Å²) < 4.78 is 5.24. The number of carbonyl (C=O) groups is 1. The zero-order valence-electron chi connectivity index (χ0n) is 12.9. The van der Waals surface area contributed by atoms with Gasteiger partial charge in [-0.2, -0.15) is 0 Å². The molecule has 7 nitrogen and oxygen atoms in total. The molecule has 0 aliphatic carbocycles. The molecule has 7 heteroatoms. The van der Waals surface area contributed by atoms with Crippen LogP contribution in [0.25, 0.3) is 0 Å². The highest BCUT2D eigenvalue weighted by Gasteiger charge is 2.19. The molecule has 1 heterocycles. The third-order valence-corrected chi connectivity index (χ3v) is 3.19. The third-order valence-electron chi connectivity index (χ3n) is 3.19. The number of aromatic nitrogens is 1. The number of carbonyl (C=O) groups excluding carboxylic acids is 1. The van der Waals surface area contributed by atoms with E-state index >= 15 is 0 Å². The lowest BCUT2D eigenvalue weighted by atomic mass is 10.1. The summed E-state index contributed by atoms with van der Waals surface area (Å²) in [7, 11) is 0. The van der Waals surface area contributed by atoms with E-state index in [1.54, 1.807) is 13.0 Å². The van der Waals surface area contributed by atoms with E-state index < -0.39 is 10.7 Å². The smallest absolute Gasteiger partial charge is 0.406 e. The Bertz CT molecular complexity index is 704. The molecule has 1 N–H and O–H groups in total. The molecule has 0 aliphatic heterocycles. The minimum Gasteiger partial charge on any atom is -0.476 e. The average Bonchev–Trinajstić information content (AvgIpc) is 2.54. The molecular weight excluding hydrogens is 298 g/mol. The number of hydrogen-bond donors (Lipinski definition) is 1. The van der Waals surface area contributed by atoms with Crippen LogP contribution in [0.3, 0.4) is 0 Å². The maximum absolute atomic E-state index is 11.9. The first-order valence-corrected chi connectivity index (χ1v) is 7.06. The first-order chi connectivity index (χ1) is 11.0. The zero-order valence-corrected chi connectivity index (χ0v) is 12.9. The highest BCUT2D eigenvalue weighted by Crippen LogP contribution is 2.24. The second kappa shape index (κ2) is 7.35. The van der Waals surface area contributed by atoms with E-state index in [1.165, 1.54) is 6.07 Å². The van der Waals surface area contributed by atoms with Crippen LogP contribution in [0.1, 0.15) is 24.2 Å². The van der Waals surface area contributed by atoms with Crippen LogP contribution in [-0.2, 0) is 4.79 Å². The van der Waals surface area contributed by atoms with Crippen molar-refractivity contribution in [2.45, 2.75) is 19.9 Å². The van der Waals surface area contributed by atoms with E-state index in [0.717, 1.165) is 5.56 Å². The van der Waals surface area contributed by atoms with Gasteiger partial charge in [0.05, 0.1) is 6.04 Å². The molecule has 0 aliphatic rings. The fraction of sp³-hybridized carbons (Fsp3) is 0.250. The van der Waals surface area contributed by atoms with Crippen molar-refractivity contribution in [3.8, 4) is 5.75 Å². The van der Waals surface area contributed by atoms with Gasteiger partial charge in [0.1, 0.15) is 5.69 Å². The van der Waals surface area contributed by atoms with Crippen molar-refractivity contribution < 1.29 is 14.5 Å². The summed E-state index contributed by atoms with van der Waals surface area (Å²) in [5.74, 6) is -0.784. The SMILES string of the molecule is Cc1ccc(OCC(=O)N[C@@H](C)c2ccccc2)c([N+](=O)[O-])n1. The normalized spacial score (nSPS) is 11.6. The standard InChI is InChI=1S/C16H17N3O4/c1-11-8-9-14(16(17-11)19(21)22)23-10-15(20)18-12(2)13-6-4-3-5-7-13/h3-9,12H,10H2,1-2H3,(H,18,20)/t12-/m0/s1.